The van der Waals surface area contributed by atoms with E-state index in [1.54, 1.807) is 4.90 Å². The van der Waals surface area contributed by atoms with Gasteiger partial charge in [-0.25, -0.2) is 4.79 Å². The van der Waals surface area contributed by atoms with Gasteiger partial charge in [0, 0.05) is 12.5 Å². The van der Waals surface area contributed by atoms with Crippen LogP contribution >= 0.6 is 0 Å². The van der Waals surface area contributed by atoms with E-state index in [1.807, 2.05) is 0 Å². The SMILES string of the molecule is O=C(O)C1CCCN1C(=O)C1C2CCCC21. The number of fused-ring (bicyclic) bond motifs is 1. The standard InChI is InChI=1S/C12H17NO3/c14-11(10-7-3-1-4-8(7)10)13-6-2-5-9(13)12(15)16/h7-10H,1-6H2,(H,15,16). The number of hydrogen-bond acceptors (Lipinski definition) is 2. The van der Waals surface area contributed by atoms with Crippen LogP contribution in [-0.4, -0.2) is 34.5 Å². The van der Waals surface area contributed by atoms with Gasteiger partial charge in [-0.3, -0.25) is 4.79 Å². The maximum absolute atomic E-state index is 12.2. The van der Waals surface area contributed by atoms with Crippen LogP contribution in [0.4, 0.5) is 0 Å². The number of nitrogens with zero attached hydrogens (tertiary/aromatic N) is 1. The minimum Gasteiger partial charge on any atom is -0.480 e. The lowest BCUT2D eigenvalue weighted by Gasteiger charge is -2.22. The molecule has 3 unspecified atom stereocenters. The van der Waals surface area contributed by atoms with Crippen LogP contribution in [0, 0.1) is 17.8 Å². The molecule has 3 aliphatic rings. The summed E-state index contributed by atoms with van der Waals surface area (Å²) in [6.45, 7) is 0.645. The Bertz CT molecular complexity index is 331. The first-order valence-electron chi connectivity index (χ1n) is 6.23. The fourth-order valence-corrected chi connectivity index (χ4v) is 3.67. The lowest BCUT2D eigenvalue weighted by atomic mass is 10.1. The first-order chi connectivity index (χ1) is 7.70. The van der Waals surface area contributed by atoms with Gasteiger partial charge in [-0.2, -0.15) is 0 Å². The highest BCUT2D eigenvalue weighted by Gasteiger charge is 2.58. The number of likely N-dealkylation sites (tertiary alicyclic amines) is 1. The molecular weight excluding hydrogens is 206 g/mol. The van der Waals surface area contributed by atoms with Crippen LogP contribution in [0.1, 0.15) is 32.1 Å². The fourth-order valence-electron chi connectivity index (χ4n) is 3.67. The van der Waals surface area contributed by atoms with Crippen molar-refractivity contribution < 1.29 is 14.7 Å². The summed E-state index contributed by atoms with van der Waals surface area (Å²) >= 11 is 0. The molecule has 4 heteroatoms. The van der Waals surface area contributed by atoms with Crippen molar-refractivity contribution in [3.63, 3.8) is 0 Å². The zero-order valence-corrected chi connectivity index (χ0v) is 9.26. The van der Waals surface area contributed by atoms with Gasteiger partial charge in [0.1, 0.15) is 6.04 Å². The molecule has 1 N–H and O–H groups in total. The largest absolute Gasteiger partial charge is 0.480 e. The number of amides is 1. The van der Waals surface area contributed by atoms with Crippen LogP contribution in [0.15, 0.2) is 0 Å². The fraction of sp³-hybridized carbons (Fsp3) is 0.833. The van der Waals surface area contributed by atoms with E-state index in [1.165, 1.54) is 19.3 Å². The third-order valence-electron chi connectivity index (χ3n) is 4.51. The number of carboxylic acids is 1. The molecule has 3 atom stereocenters. The van der Waals surface area contributed by atoms with Crippen LogP contribution in [0.5, 0.6) is 0 Å². The van der Waals surface area contributed by atoms with Crippen molar-refractivity contribution in [3.8, 4) is 0 Å². The van der Waals surface area contributed by atoms with Crippen LogP contribution < -0.4 is 0 Å². The molecular formula is C12H17NO3. The van der Waals surface area contributed by atoms with E-state index in [9.17, 15) is 9.59 Å². The van der Waals surface area contributed by atoms with Crippen molar-refractivity contribution in [2.75, 3.05) is 6.54 Å². The average Bonchev–Trinajstić information content (AvgIpc) is 2.74. The van der Waals surface area contributed by atoms with Gasteiger partial charge in [0.25, 0.3) is 0 Å². The first kappa shape index (κ1) is 10.1. The van der Waals surface area contributed by atoms with Gasteiger partial charge >= 0.3 is 5.97 Å². The topological polar surface area (TPSA) is 57.6 Å². The molecule has 3 fully saturated rings. The van der Waals surface area contributed by atoms with Crippen LogP contribution in [0.25, 0.3) is 0 Å². The van der Waals surface area contributed by atoms with Gasteiger partial charge in [0.15, 0.2) is 0 Å². The second kappa shape index (κ2) is 3.47. The molecule has 1 amide bonds. The van der Waals surface area contributed by atoms with Crippen molar-refractivity contribution in [1.29, 1.82) is 0 Å². The normalized spacial score (nSPS) is 40.9. The summed E-state index contributed by atoms with van der Waals surface area (Å²) in [4.78, 5) is 24.8. The van der Waals surface area contributed by atoms with E-state index in [-0.39, 0.29) is 11.8 Å². The van der Waals surface area contributed by atoms with E-state index in [0.29, 0.717) is 24.8 Å². The molecule has 1 aliphatic heterocycles. The zero-order chi connectivity index (χ0) is 11.3. The van der Waals surface area contributed by atoms with Gasteiger partial charge in [-0.05, 0) is 37.5 Å². The molecule has 2 aliphatic carbocycles. The average molecular weight is 223 g/mol. The molecule has 0 aromatic rings. The van der Waals surface area contributed by atoms with Crippen LogP contribution in [0.2, 0.25) is 0 Å². The Morgan fingerprint density at radius 2 is 1.75 bits per heavy atom. The second-order valence-corrected chi connectivity index (χ2v) is 5.31. The minimum absolute atomic E-state index is 0.125. The third-order valence-corrected chi connectivity index (χ3v) is 4.51. The van der Waals surface area contributed by atoms with Gasteiger partial charge in [0.05, 0.1) is 0 Å². The molecule has 1 heterocycles. The summed E-state index contributed by atoms with van der Waals surface area (Å²) in [7, 11) is 0. The Kier molecular flexibility index (Phi) is 2.19. The van der Waals surface area contributed by atoms with Gasteiger partial charge < -0.3 is 10.0 Å². The maximum Gasteiger partial charge on any atom is 0.326 e. The van der Waals surface area contributed by atoms with Crippen molar-refractivity contribution in [3.05, 3.63) is 0 Å². The molecule has 3 rings (SSSR count). The first-order valence-corrected chi connectivity index (χ1v) is 6.23. The van der Waals surface area contributed by atoms with Crippen molar-refractivity contribution in [1.82, 2.24) is 4.90 Å². The number of carboxylic acid groups (broad SMARTS) is 1. The Labute approximate surface area is 94.6 Å². The van der Waals surface area contributed by atoms with E-state index < -0.39 is 12.0 Å². The van der Waals surface area contributed by atoms with Crippen molar-refractivity contribution >= 4 is 11.9 Å². The predicted molar refractivity (Wildman–Crippen MR) is 56.7 cm³/mol. The highest BCUT2D eigenvalue weighted by atomic mass is 16.4. The summed E-state index contributed by atoms with van der Waals surface area (Å²) in [5, 5.41) is 9.04. The van der Waals surface area contributed by atoms with Crippen molar-refractivity contribution in [2.24, 2.45) is 17.8 Å². The number of aliphatic carboxylic acids is 1. The Morgan fingerprint density at radius 3 is 2.38 bits per heavy atom. The molecule has 4 nitrogen and oxygen atoms in total. The maximum atomic E-state index is 12.2. The van der Waals surface area contributed by atoms with Crippen LogP contribution in [0.3, 0.4) is 0 Å². The summed E-state index contributed by atoms with van der Waals surface area (Å²) in [6, 6.07) is -0.547. The van der Waals surface area contributed by atoms with Gasteiger partial charge in [-0.1, -0.05) is 6.42 Å². The highest BCUT2D eigenvalue weighted by molar-refractivity contribution is 5.87. The second-order valence-electron chi connectivity index (χ2n) is 5.31. The summed E-state index contributed by atoms with van der Waals surface area (Å²) < 4.78 is 0. The van der Waals surface area contributed by atoms with Crippen LogP contribution in [-0.2, 0) is 9.59 Å². The lowest BCUT2D eigenvalue weighted by molar-refractivity contribution is -0.149. The number of hydrogen-bond donors (Lipinski definition) is 1. The molecule has 0 spiro atoms. The third kappa shape index (κ3) is 1.35. The lowest BCUT2D eigenvalue weighted by Crippen LogP contribution is -2.41. The summed E-state index contributed by atoms with van der Waals surface area (Å²) in [5.41, 5.74) is 0. The van der Waals surface area contributed by atoms with E-state index in [2.05, 4.69) is 0 Å². The molecule has 2 saturated carbocycles. The molecule has 0 bridgehead atoms. The van der Waals surface area contributed by atoms with E-state index in [4.69, 9.17) is 5.11 Å². The Balaban J connectivity index is 1.69. The van der Waals surface area contributed by atoms with E-state index >= 15 is 0 Å². The quantitative estimate of drug-likeness (QED) is 0.763. The van der Waals surface area contributed by atoms with E-state index in [0.717, 1.165) is 6.42 Å². The smallest absolute Gasteiger partial charge is 0.326 e. The molecule has 0 aromatic carbocycles. The molecule has 88 valence electrons. The summed E-state index contributed by atoms with van der Waals surface area (Å²) in [6.07, 6.45) is 5.06. The Hall–Kier alpha value is -1.06. The predicted octanol–water partition coefficient (Wildman–Crippen LogP) is 1.11. The van der Waals surface area contributed by atoms with Gasteiger partial charge in [-0.15, -0.1) is 0 Å². The number of carbonyl (C=O) groups excluding carboxylic acids is 1. The number of carbonyl (C=O) groups is 2. The Morgan fingerprint density at radius 1 is 1.06 bits per heavy atom. The highest BCUT2D eigenvalue weighted by Crippen LogP contribution is 2.58. The summed E-state index contributed by atoms with van der Waals surface area (Å²) in [5.74, 6) is 0.634. The molecule has 0 radical (unpaired) electrons. The monoisotopic (exact) mass is 223 g/mol. The minimum atomic E-state index is -0.836. The molecule has 1 saturated heterocycles. The number of rotatable bonds is 2. The zero-order valence-electron chi connectivity index (χ0n) is 9.26. The van der Waals surface area contributed by atoms with Crippen molar-refractivity contribution in [2.45, 2.75) is 38.1 Å². The van der Waals surface area contributed by atoms with Gasteiger partial charge in [0.2, 0.25) is 5.91 Å². The molecule has 16 heavy (non-hydrogen) atoms. The molecule has 0 aromatic heterocycles.